The number of esters is 2. The molecule has 0 unspecified atom stereocenters. The molecule has 0 saturated heterocycles. The molecule has 0 aliphatic carbocycles. The molecule has 3 aromatic heterocycles. The lowest BCUT2D eigenvalue weighted by Gasteiger charge is -2.12. The number of hydrogen-bond acceptors (Lipinski definition) is 10. The lowest BCUT2D eigenvalue weighted by atomic mass is 10.2. The second-order valence-electron chi connectivity index (χ2n) is 7.08. The Balaban J connectivity index is 1.81. The largest absolute Gasteiger partial charge is 0.467 e. The summed E-state index contributed by atoms with van der Waals surface area (Å²) in [7, 11) is 0. The smallest absolute Gasteiger partial charge is 0.338 e. The van der Waals surface area contributed by atoms with Crippen LogP contribution in [0, 0.1) is 3.95 Å². The minimum Gasteiger partial charge on any atom is -0.467 e. The van der Waals surface area contributed by atoms with Crippen LogP contribution in [0.25, 0.3) is 16.0 Å². The van der Waals surface area contributed by atoms with E-state index in [2.05, 4.69) is 0 Å². The first kappa shape index (κ1) is 24.9. The van der Waals surface area contributed by atoms with E-state index in [9.17, 15) is 14.4 Å². The van der Waals surface area contributed by atoms with Gasteiger partial charge in [-0.1, -0.05) is 23.1 Å². The van der Waals surface area contributed by atoms with Crippen LogP contribution < -0.4 is 5.56 Å². The fourth-order valence-electron chi connectivity index (χ4n) is 3.29. The Morgan fingerprint density at radius 3 is 2.54 bits per heavy atom. The summed E-state index contributed by atoms with van der Waals surface area (Å²) in [5, 5.41) is 0.330. The normalized spacial score (nSPS) is 11.0. The van der Waals surface area contributed by atoms with Crippen molar-refractivity contribution in [3.63, 3.8) is 0 Å². The topological polar surface area (TPSA) is 106 Å². The van der Waals surface area contributed by atoms with Gasteiger partial charge >= 0.3 is 11.9 Å². The maximum atomic E-state index is 13.5. The van der Waals surface area contributed by atoms with Gasteiger partial charge < -0.3 is 13.9 Å². The molecule has 12 heteroatoms. The third-order valence-corrected chi connectivity index (χ3v) is 7.11. The molecule has 0 fully saturated rings. The highest BCUT2D eigenvalue weighted by molar-refractivity contribution is 7.99. The maximum Gasteiger partial charge on any atom is 0.338 e. The van der Waals surface area contributed by atoms with E-state index in [0.29, 0.717) is 36.5 Å². The molecular formula is C23H21N3O6S3. The third kappa shape index (κ3) is 5.39. The summed E-state index contributed by atoms with van der Waals surface area (Å²) in [6.07, 6.45) is 1.53. The number of hydrogen-bond donors (Lipinski definition) is 0. The van der Waals surface area contributed by atoms with E-state index >= 15 is 0 Å². The highest BCUT2D eigenvalue weighted by Crippen LogP contribution is 2.27. The Hall–Kier alpha value is -3.22. The number of rotatable bonds is 9. The monoisotopic (exact) mass is 531 g/mol. The molecule has 0 aliphatic rings. The zero-order valence-corrected chi connectivity index (χ0v) is 21.3. The van der Waals surface area contributed by atoms with Crippen LogP contribution in [0.5, 0.6) is 0 Å². The molecule has 3 heterocycles. The van der Waals surface area contributed by atoms with Crippen LogP contribution in [0.1, 0.15) is 30.0 Å². The zero-order valence-electron chi connectivity index (χ0n) is 18.9. The van der Waals surface area contributed by atoms with E-state index in [1.807, 2.05) is 0 Å². The number of benzene rings is 1. The fourth-order valence-corrected chi connectivity index (χ4v) is 5.40. The molecular weight excluding hydrogens is 510 g/mol. The minimum atomic E-state index is -0.422. The highest BCUT2D eigenvalue weighted by Gasteiger charge is 2.20. The number of aromatic nitrogens is 3. The molecule has 0 radical (unpaired) electrons. The molecule has 1 aromatic carbocycles. The van der Waals surface area contributed by atoms with Gasteiger partial charge in [0.25, 0.3) is 5.56 Å². The Morgan fingerprint density at radius 2 is 1.89 bits per heavy atom. The Bertz CT molecular complexity index is 1470. The Morgan fingerprint density at radius 1 is 1.14 bits per heavy atom. The number of carbonyl (C=O) groups excluding carboxylic acids is 2. The zero-order chi connectivity index (χ0) is 24.9. The summed E-state index contributed by atoms with van der Waals surface area (Å²) in [6.45, 7) is 4.16. The van der Waals surface area contributed by atoms with Crippen LogP contribution in [0.3, 0.4) is 0 Å². The summed E-state index contributed by atoms with van der Waals surface area (Å²) >= 11 is 7.81. The minimum absolute atomic E-state index is 0.0109. The predicted molar refractivity (Wildman–Crippen MR) is 135 cm³/mol. The fraction of sp³-hybridized carbons (Fsp3) is 0.261. The van der Waals surface area contributed by atoms with E-state index in [1.54, 1.807) is 54.8 Å². The van der Waals surface area contributed by atoms with Gasteiger partial charge in [-0.15, -0.1) is 0 Å². The van der Waals surface area contributed by atoms with Gasteiger partial charge in [-0.3, -0.25) is 18.7 Å². The quantitative estimate of drug-likeness (QED) is 0.134. The Labute approximate surface area is 213 Å². The standard InChI is InChI=1S/C23H21N3O6S3/c1-3-30-17(27)13-34-22-24-19-18(20(28)25(22)12-16-6-5-11-32-16)35-23(33)26(19)15-9-7-14(8-10-15)21(29)31-4-2/h5-11H,3-4,12-13H2,1-2H3. The summed E-state index contributed by atoms with van der Waals surface area (Å²) in [5.41, 5.74) is 1.12. The highest BCUT2D eigenvalue weighted by atomic mass is 32.2. The molecule has 182 valence electrons. The molecule has 0 N–H and O–H groups in total. The van der Waals surface area contributed by atoms with Crippen molar-refractivity contribution in [1.82, 2.24) is 14.1 Å². The maximum absolute atomic E-state index is 13.5. The number of fused-ring (bicyclic) bond motifs is 1. The van der Waals surface area contributed by atoms with Gasteiger partial charge in [0, 0.05) is 5.69 Å². The van der Waals surface area contributed by atoms with Gasteiger partial charge in [-0.25, -0.2) is 9.78 Å². The van der Waals surface area contributed by atoms with Crippen LogP contribution in [0.2, 0.25) is 0 Å². The van der Waals surface area contributed by atoms with Gasteiger partial charge in [-0.05, 0) is 62.5 Å². The molecule has 0 bridgehead atoms. The number of ether oxygens (including phenoxy) is 2. The lowest BCUT2D eigenvalue weighted by Crippen LogP contribution is -2.24. The first-order valence-corrected chi connectivity index (χ1v) is 12.9. The van der Waals surface area contributed by atoms with Crippen LogP contribution in [0.15, 0.2) is 57.0 Å². The first-order valence-electron chi connectivity index (χ1n) is 10.7. The molecule has 4 aromatic rings. The van der Waals surface area contributed by atoms with Crippen molar-refractivity contribution >= 4 is 57.6 Å². The van der Waals surface area contributed by atoms with E-state index in [1.165, 1.54) is 10.8 Å². The second kappa shape index (κ2) is 11.0. The first-order chi connectivity index (χ1) is 16.9. The summed E-state index contributed by atoms with van der Waals surface area (Å²) in [4.78, 5) is 42.2. The van der Waals surface area contributed by atoms with Crippen molar-refractivity contribution in [3.05, 3.63) is 68.3 Å². The second-order valence-corrected chi connectivity index (χ2v) is 9.67. The van der Waals surface area contributed by atoms with E-state index < -0.39 is 11.9 Å². The number of furan rings is 1. The van der Waals surface area contributed by atoms with Gasteiger partial charge in [0.05, 0.1) is 37.3 Å². The molecule has 4 rings (SSSR count). The van der Waals surface area contributed by atoms with Gasteiger partial charge in [-0.2, -0.15) is 0 Å². The van der Waals surface area contributed by atoms with Crippen molar-refractivity contribution in [2.45, 2.75) is 25.5 Å². The van der Waals surface area contributed by atoms with Crippen LogP contribution in [-0.2, 0) is 20.8 Å². The molecule has 0 spiro atoms. The molecule has 0 aliphatic heterocycles. The molecule has 0 atom stereocenters. The van der Waals surface area contributed by atoms with E-state index in [-0.39, 0.29) is 31.1 Å². The average Bonchev–Trinajstić information content (AvgIpc) is 3.47. The van der Waals surface area contributed by atoms with Crippen molar-refractivity contribution in [2.75, 3.05) is 19.0 Å². The predicted octanol–water partition coefficient (Wildman–Crippen LogP) is 4.45. The van der Waals surface area contributed by atoms with Gasteiger partial charge in [0.2, 0.25) is 0 Å². The van der Waals surface area contributed by atoms with E-state index in [0.717, 1.165) is 23.1 Å². The average molecular weight is 532 g/mol. The molecule has 9 nitrogen and oxygen atoms in total. The Kier molecular flexibility index (Phi) is 7.83. The van der Waals surface area contributed by atoms with Crippen LogP contribution in [0.4, 0.5) is 0 Å². The molecule has 0 amide bonds. The summed E-state index contributed by atoms with van der Waals surface area (Å²) in [6, 6.07) is 10.2. The van der Waals surface area contributed by atoms with Crippen molar-refractivity contribution < 1.29 is 23.5 Å². The summed E-state index contributed by atoms with van der Waals surface area (Å²) < 4.78 is 19.4. The number of thiazole rings is 1. The number of carbonyl (C=O) groups is 2. The van der Waals surface area contributed by atoms with Gasteiger partial charge in [0.15, 0.2) is 14.8 Å². The lowest BCUT2D eigenvalue weighted by molar-refractivity contribution is -0.139. The van der Waals surface area contributed by atoms with Crippen LogP contribution in [-0.4, -0.2) is 45.0 Å². The third-order valence-electron chi connectivity index (χ3n) is 4.81. The number of nitrogens with zero attached hydrogens (tertiary/aromatic N) is 3. The van der Waals surface area contributed by atoms with Gasteiger partial charge in [0.1, 0.15) is 10.5 Å². The van der Waals surface area contributed by atoms with E-state index in [4.69, 9.17) is 31.1 Å². The molecule has 0 saturated carbocycles. The van der Waals surface area contributed by atoms with Crippen LogP contribution >= 0.6 is 35.3 Å². The van der Waals surface area contributed by atoms with Crippen molar-refractivity contribution in [3.8, 4) is 5.69 Å². The SMILES string of the molecule is CCOC(=O)CSc1nc2c(sc(=S)n2-c2ccc(C(=O)OCC)cc2)c(=O)n1Cc1ccco1. The summed E-state index contributed by atoms with van der Waals surface area (Å²) in [5.74, 6) is -0.269. The van der Waals surface area contributed by atoms with Crippen molar-refractivity contribution in [1.29, 1.82) is 0 Å². The van der Waals surface area contributed by atoms with Crippen molar-refractivity contribution in [2.24, 2.45) is 0 Å². The molecule has 35 heavy (non-hydrogen) atoms. The number of thioether (sulfide) groups is 1.